The molecule has 0 N–H and O–H groups in total. The van der Waals surface area contributed by atoms with Crippen molar-refractivity contribution in [3.8, 4) is 56.8 Å². The molecule has 0 aliphatic carbocycles. The first kappa shape index (κ1) is 37.4. The molecule has 8 aromatic rings. The highest BCUT2D eigenvalue weighted by molar-refractivity contribution is 7.02. The molecular formula is C55H47NO3Si2. The summed E-state index contributed by atoms with van der Waals surface area (Å²) in [7, 11) is -4.07. The maximum Gasteiger partial charge on any atom is 0.151 e. The van der Waals surface area contributed by atoms with Gasteiger partial charge in [0.05, 0.1) is 5.69 Å². The summed E-state index contributed by atoms with van der Waals surface area (Å²) in [6, 6.07) is 63.2. The Labute approximate surface area is 360 Å². The third kappa shape index (κ3) is 5.77. The fourth-order valence-corrected chi connectivity index (χ4v) is 15.7. The number of benzene rings is 8. The van der Waals surface area contributed by atoms with Gasteiger partial charge in [-0.1, -0.05) is 167 Å². The quantitative estimate of drug-likeness (QED) is 0.162. The molecule has 4 nitrogen and oxygen atoms in total. The summed E-state index contributed by atoms with van der Waals surface area (Å²) in [5, 5.41) is 5.28. The number of ether oxygens (including phenoxy) is 3. The monoisotopic (exact) mass is 825 g/mol. The molecule has 3 aliphatic heterocycles. The lowest BCUT2D eigenvalue weighted by atomic mass is 9.75. The van der Waals surface area contributed by atoms with E-state index in [1.807, 2.05) is 0 Å². The number of para-hydroxylation sites is 6. The highest BCUT2D eigenvalue weighted by atomic mass is 28.3. The van der Waals surface area contributed by atoms with Crippen LogP contribution in [0.3, 0.4) is 0 Å². The van der Waals surface area contributed by atoms with E-state index in [0.717, 1.165) is 73.8 Å². The van der Waals surface area contributed by atoms with Crippen molar-refractivity contribution in [2.24, 2.45) is 0 Å². The Balaban J connectivity index is 1.03. The summed E-state index contributed by atoms with van der Waals surface area (Å²) in [5.74, 6) is 5.67. The zero-order valence-electron chi connectivity index (χ0n) is 35.4. The highest BCUT2D eigenvalue weighted by Crippen LogP contribution is 2.52. The molecule has 0 saturated heterocycles. The van der Waals surface area contributed by atoms with Crippen LogP contribution in [0.25, 0.3) is 22.3 Å². The van der Waals surface area contributed by atoms with Gasteiger partial charge in [0, 0.05) is 39.0 Å². The van der Waals surface area contributed by atoms with Gasteiger partial charge in [-0.2, -0.15) is 0 Å². The minimum absolute atomic E-state index is 0.195. The van der Waals surface area contributed by atoms with Gasteiger partial charge in [0.1, 0.15) is 44.9 Å². The van der Waals surface area contributed by atoms with Crippen LogP contribution in [-0.4, -0.2) is 16.1 Å². The second-order valence-electron chi connectivity index (χ2n) is 18.1. The zero-order valence-corrected chi connectivity index (χ0v) is 37.4. The normalized spacial score (nSPS) is 15.5. The van der Waals surface area contributed by atoms with Crippen LogP contribution >= 0.6 is 0 Å². The fraction of sp³-hybridized carbons (Fsp3) is 0.127. The Morgan fingerprint density at radius 1 is 0.377 bits per heavy atom. The fourth-order valence-electron chi connectivity index (χ4n) is 10.0. The molecule has 3 aliphatic rings. The standard InChI is InChI=1S/C55H47NO3Si2/c1-55(2)42-18-7-8-21-45(42)57-52-40(16-13-19-43(52)55)36-28-32-38(33-29-36)56(44-20-15-27-51-54(44)59-47-23-10-12-25-49(47)61(51,5)6)39-34-30-37(31-35-39)41-17-14-26-50-53(41)58-46-22-9-11-24-48(46)60(50,3)4/h7-35H,1-6H3. The Kier molecular flexibility index (Phi) is 8.41. The number of rotatable bonds is 5. The van der Waals surface area contributed by atoms with Crippen molar-refractivity contribution in [2.45, 2.75) is 45.5 Å². The van der Waals surface area contributed by atoms with Gasteiger partial charge in [0.25, 0.3) is 0 Å². The molecule has 0 fully saturated rings. The molecule has 61 heavy (non-hydrogen) atoms. The maximum atomic E-state index is 6.94. The molecule has 0 saturated carbocycles. The molecule has 0 amide bonds. The molecule has 0 radical (unpaired) electrons. The Morgan fingerprint density at radius 3 is 1.41 bits per heavy atom. The molecule has 11 rings (SSSR count). The van der Waals surface area contributed by atoms with Crippen LogP contribution in [0, 0.1) is 0 Å². The summed E-state index contributed by atoms with van der Waals surface area (Å²) >= 11 is 0. The summed E-state index contributed by atoms with van der Waals surface area (Å²) in [6.07, 6.45) is 0. The average molecular weight is 826 g/mol. The van der Waals surface area contributed by atoms with E-state index in [1.54, 1.807) is 0 Å². The van der Waals surface area contributed by atoms with Gasteiger partial charge in [-0.05, 0) is 80.4 Å². The van der Waals surface area contributed by atoms with Crippen LogP contribution in [-0.2, 0) is 5.41 Å². The van der Waals surface area contributed by atoms with Crippen molar-refractivity contribution in [1.82, 2.24) is 0 Å². The van der Waals surface area contributed by atoms with Crippen molar-refractivity contribution in [1.29, 1.82) is 0 Å². The van der Waals surface area contributed by atoms with Crippen molar-refractivity contribution in [3.05, 3.63) is 187 Å². The molecule has 0 spiro atoms. The molecule has 6 heteroatoms. The van der Waals surface area contributed by atoms with Crippen LogP contribution in [0.5, 0.6) is 34.5 Å². The number of anilines is 3. The van der Waals surface area contributed by atoms with E-state index >= 15 is 0 Å². The summed E-state index contributed by atoms with van der Waals surface area (Å²) in [4.78, 5) is 2.35. The van der Waals surface area contributed by atoms with Crippen LogP contribution < -0.4 is 39.9 Å². The van der Waals surface area contributed by atoms with E-state index < -0.39 is 16.1 Å². The van der Waals surface area contributed by atoms with Crippen molar-refractivity contribution in [3.63, 3.8) is 0 Å². The van der Waals surface area contributed by atoms with Gasteiger partial charge in [-0.15, -0.1) is 0 Å². The molecule has 3 heterocycles. The SMILES string of the molecule is CC1(C)c2ccccc2Oc2c(-c3ccc(N(c4ccc(-c5cccc6c5Oc5ccccc5[Si]6(C)C)cc4)c4cccc5c4Oc4ccccc4[Si]5(C)C)cc3)cccc21. The molecule has 0 atom stereocenters. The summed E-state index contributed by atoms with van der Waals surface area (Å²) in [5.41, 5.74) is 9.69. The van der Waals surface area contributed by atoms with Crippen molar-refractivity contribution in [2.75, 3.05) is 4.90 Å². The number of hydrogen-bond acceptors (Lipinski definition) is 4. The maximum absolute atomic E-state index is 6.94. The van der Waals surface area contributed by atoms with E-state index in [-0.39, 0.29) is 5.41 Å². The third-order valence-corrected chi connectivity index (χ3v) is 20.5. The number of fused-ring (bicyclic) bond motifs is 6. The second kappa shape index (κ2) is 13.7. The van der Waals surface area contributed by atoms with Gasteiger partial charge in [-0.3, -0.25) is 0 Å². The first-order valence-electron chi connectivity index (χ1n) is 21.3. The smallest absolute Gasteiger partial charge is 0.151 e. The van der Waals surface area contributed by atoms with E-state index in [1.165, 1.54) is 31.9 Å². The molecule has 0 aromatic heterocycles. The van der Waals surface area contributed by atoms with E-state index in [0.29, 0.717) is 0 Å². The largest absolute Gasteiger partial charge is 0.457 e. The third-order valence-electron chi connectivity index (χ3n) is 13.5. The Hall–Kier alpha value is -6.61. The predicted octanol–water partition coefficient (Wildman–Crippen LogP) is 12.8. The highest BCUT2D eigenvalue weighted by Gasteiger charge is 2.40. The predicted molar refractivity (Wildman–Crippen MR) is 257 cm³/mol. The lowest BCUT2D eigenvalue weighted by Crippen LogP contribution is -2.56. The molecule has 298 valence electrons. The van der Waals surface area contributed by atoms with E-state index in [4.69, 9.17) is 14.2 Å². The number of hydrogen-bond donors (Lipinski definition) is 0. The Morgan fingerprint density at radius 2 is 0.803 bits per heavy atom. The first-order valence-corrected chi connectivity index (χ1v) is 27.3. The van der Waals surface area contributed by atoms with Gasteiger partial charge < -0.3 is 19.1 Å². The van der Waals surface area contributed by atoms with Crippen LogP contribution in [0.15, 0.2) is 176 Å². The Bertz CT molecular complexity index is 2890. The van der Waals surface area contributed by atoms with Crippen LogP contribution in [0.1, 0.15) is 25.0 Å². The second-order valence-corrected chi connectivity index (χ2v) is 26.8. The van der Waals surface area contributed by atoms with Crippen molar-refractivity contribution < 1.29 is 14.2 Å². The van der Waals surface area contributed by atoms with Gasteiger partial charge in [0.15, 0.2) is 5.75 Å². The van der Waals surface area contributed by atoms with Crippen LogP contribution in [0.4, 0.5) is 17.1 Å². The number of nitrogens with zero attached hydrogens (tertiary/aromatic N) is 1. The van der Waals surface area contributed by atoms with E-state index in [2.05, 4.69) is 221 Å². The first-order chi connectivity index (χ1) is 29.5. The minimum Gasteiger partial charge on any atom is -0.457 e. The topological polar surface area (TPSA) is 30.9 Å². The minimum atomic E-state index is -2.10. The summed E-state index contributed by atoms with van der Waals surface area (Å²) in [6.45, 7) is 14.3. The van der Waals surface area contributed by atoms with Crippen molar-refractivity contribution >= 4 is 54.0 Å². The van der Waals surface area contributed by atoms with Gasteiger partial charge in [0.2, 0.25) is 0 Å². The van der Waals surface area contributed by atoms with Gasteiger partial charge >= 0.3 is 0 Å². The molecule has 8 aromatic carbocycles. The molecular weight excluding hydrogens is 779 g/mol. The van der Waals surface area contributed by atoms with Crippen LogP contribution in [0.2, 0.25) is 26.2 Å². The molecule has 0 bridgehead atoms. The van der Waals surface area contributed by atoms with E-state index in [9.17, 15) is 0 Å². The lowest BCUT2D eigenvalue weighted by molar-refractivity contribution is 0.419. The summed E-state index contributed by atoms with van der Waals surface area (Å²) < 4.78 is 20.4. The zero-order chi connectivity index (χ0) is 41.7. The lowest BCUT2D eigenvalue weighted by Gasteiger charge is -2.36. The molecule has 0 unspecified atom stereocenters. The average Bonchev–Trinajstić information content (AvgIpc) is 3.27. The van der Waals surface area contributed by atoms with Gasteiger partial charge in [-0.25, -0.2) is 0 Å².